The highest BCUT2D eigenvalue weighted by molar-refractivity contribution is 6.30. The Hall–Kier alpha value is -1.30. The summed E-state index contributed by atoms with van der Waals surface area (Å²) in [5.74, 6) is 0.279. The highest BCUT2D eigenvalue weighted by Crippen LogP contribution is 2.21. The van der Waals surface area contributed by atoms with E-state index < -0.39 is 11.6 Å². The van der Waals surface area contributed by atoms with Crippen molar-refractivity contribution in [3.05, 3.63) is 29.3 Å². The van der Waals surface area contributed by atoms with Gasteiger partial charge in [-0.1, -0.05) is 17.7 Å². The number of nitrogens with one attached hydrogen (secondary N) is 1. The molecule has 1 aromatic carbocycles. The first-order valence-electron chi connectivity index (χ1n) is 6.97. The molecular formula is C15H20ClNO4. The van der Waals surface area contributed by atoms with Gasteiger partial charge in [0.25, 0.3) is 5.91 Å². The second-order valence-electron chi connectivity index (χ2n) is 5.26. The molecule has 1 fully saturated rings. The third-order valence-electron chi connectivity index (χ3n) is 3.62. The van der Waals surface area contributed by atoms with Crippen LogP contribution in [-0.4, -0.2) is 42.5 Å². The molecule has 0 aliphatic carbocycles. The van der Waals surface area contributed by atoms with Gasteiger partial charge in [-0.3, -0.25) is 4.79 Å². The van der Waals surface area contributed by atoms with Crippen LogP contribution in [0.25, 0.3) is 0 Å². The SMILES string of the molecule is CC(Oc1cccc(Cl)c1)C(=O)NC1(CO)CCOCC1. The van der Waals surface area contributed by atoms with Gasteiger partial charge in [-0.2, -0.15) is 0 Å². The van der Waals surface area contributed by atoms with Gasteiger partial charge >= 0.3 is 0 Å². The number of aliphatic hydroxyl groups is 1. The second-order valence-corrected chi connectivity index (χ2v) is 5.69. The maximum atomic E-state index is 12.2. The quantitative estimate of drug-likeness (QED) is 0.869. The standard InChI is InChI=1S/C15H20ClNO4/c1-11(21-13-4-2-3-12(16)9-13)14(19)17-15(10-18)5-7-20-8-6-15/h2-4,9,11,18H,5-8,10H2,1H3,(H,17,19). The van der Waals surface area contributed by atoms with Gasteiger partial charge in [0, 0.05) is 18.2 Å². The first-order valence-corrected chi connectivity index (χ1v) is 7.35. The van der Waals surface area contributed by atoms with Crippen molar-refractivity contribution in [1.29, 1.82) is 0 Å². The van der Waals surface area contributed by atoms with Crippen molar-refractivity contribution in [3.8, 4) is 5.75 Å². The maximum absolute atomic E-state index is 12.2. The topological polar surface area (TPSA) is 67.8 Å². The van der Waals surface area contributed by atoms with Gasteiger partial charge in [-0.05, 0) is 38.0 Å². The van der Waals surface area contributed by atoms with Gasteiger partial charge in [0.2, 0.25) is 0 Å². The third kappa shape index (κ3) is 4.33. The average Bonchev–Trinajstić information content (AvgIpc) is 2.48. The number of rotatable bonds is 5. The number of carbonyl (C=O) groups excluding carboxylic acids is 1. The average molecular weight is 314 g/mol. The Kier molecular flexibility index (Phi) is 5.45. The summed E-state index contributed by atoms with van der Waals surface area (Å²) in [6.07, 6.45) is 0.521. The lowest BCUT2D eigenvalue weighted by atomic mass is 9.91. The number of benzene rings is 1. The number of carbonyl (C=O) groups is 1. The first kappa shape index (κ1) is 16.1. The van der Waals surface area contributed by atoms with Crippen LogP contribution in [0.2, 0.25) is 5.02 Å². The number of halogens is 1. The molecule has 0 aromatic heterocycles. The zero-order valence-corrected chi connectivity index (χ0v) is 12.7. The van der Waals surface area contributed by atoms with E-state index in [0.717, 1.165) is 0 Å². The molecule has 0 spiro atoms. The lowest BCUT2D eigenvalue weighted by Gasteiger charge is -2.37. The zero-order chi connectivity index (χ0) is 15.3. The predicted molar refractivity (Wildman–Crippen MR) is 79.6 cm³/mol. The monoisotopic (exact) mass is 313 g/mol. The van der Waals surface area contributed by atoms with Crippen LogP contribution < -0.4 is 10.1 Å². The molecule has 1 atom stereocenters. The van der Waals surface area contributed by atoms with E-state index in [1.807, 2.05) is 0 Å². The maximum Gasteiger partial charge on any atom is 0.261 e. The number of aliphatic hydroxyl groups excluding tert-OH is 1. The van der Waals surface area contributed by atoms with E-state index in [0.29, 0.717) is 36.8 Å². The molecule has 21 heavy (non-hydrogen) atoms. The summed E-state index contributed by atoms with van der Waals surface area (Å²) in [7, 11) is 0. The molecule has 2 rings (SSSR count). The Morgan fingerprint density at radius 3 is 2.86 bits per heavy atom. The fourth-order valence-electron chi connectivity index (χ4n) is 2.25. The van der Waals surface area contributed by atoms with Crippen molar-refractivity contribution in [1.82, 2.24) is 5.32 Å². The molecule has 6 heteroatoms. The first-order chi connectivity index (χ1) is 10.0. The van der Waals surface area contributed by atoms with Crippen LogP contribution in [0.5, 0.6) is 5.75 Å². The van der Waals surface area contributed by atoms with E-state index in [2.05, 4.69) is 5.32 Å². The fourth-order valence-corrected chi connectivity index (χ4v) is 2.43. The smallest absolute Gasteiger partial charge is 0.261 e. The summed E-state index contributed by atoms with van der Waals surface area (Å²) < 4.78 is 10.8. The van der Waals surface area contributed by atoms with E-state index in [1.54, 1.807) is 31.2 Å². The van der Waals surface area contributed by atoms with Gasteiger partial charge in [-0.15, -0.1) is 0 Å². The molecule has 1 saturated heterocycles. The van der Waals surface area contributed by atoms with E-state index in [1.165, 1.54) is 0 Å². The number of hydrogen-bond donors (Lipinski definition) is 2. The fraction of sp³-hybridized carbons (Fsp3) is 0.533. The van der Waals surface area contributed by atoms with E-state index in [4.69, 9.17) is 21.1 Å². The van der Waals surface area contributed by atoms with Crippen LogP contribution in [0, 0.1) is 0 Å². The molecular weight excluding hydrogens is 294 g/mol. The summed E-state index contributed by atoms with van der Waals surface area (Å²) in [6.45, 7) is 2.63. The van der Waals surface area contributed by atoms with Crippen molar-refractivity contribution in [2.45, 2.75) is 31.4 Å². The summed E-state index contributed by atoms with van der Waals surface area (Å²) >= 11 is 5.88. The molecule has 1 aliphatic heterocycles. The summed E-state index contributed by atoms with van der Waals surface area (Å²) in [4.78, 5) is 12.2. The van der Waals surface area contributed by atoms with Crippen molar-refractivity contribution >= 4 is 17.5 Å². The van der Waals surface area contributed by atoms with Gasteiger partial charge < -0.3 is 19.9 Å². The van der Waals surface area contributed by atoms with Gasteiger partial charge in [0.15, 0.2) is 6.10 Å². The van der Waals surface area contributed by atoms with Crippen molar-refractivity contribution < 1.29 is 19.4 Å². The summed E-state index contributed by atoms with van der Waals surface area (Å²) in [5.41, 5.74) is -0.610. The molecule has 116 valence electrons. The van der Waals surface area contributed by atoms with Crippen LogP contribution in [0.4, 0.5) is 0 Å². The minimum Gasteiger partial charge on any atom is -0.481 e. The molecule has 1 amide bonds. The Morgan fingerprint density at radius 1 is 1.52 bits per heavy atom. The minimum atomic E-state index is -0.672. The number of ether oxygens (including phenoxy) is 2. The Morgan fingerprint density at radius 2 is 2.24 bits per heavy atom. The molecule has 1 unspecified atom stereocenters. The van der Waals surface area contributed by atoms with Crippen LogP contribution >= 0.6 is 11.6 Å². The summed E-state index contributed by atoms with van der Waals surface area (Å²) in [5, 5.41) is 13.0. The Bertz CT molecular complexity index is 488. The molecule has 1 aromatic rings. The molecule has 0 bridgehead atoms. The van der Waals surface area contributed by atoms with Crippen molar-refractivity contribution in [2.75, 3.05) is 19.8 Å². The van der Waals surface area contributed by atoms with Gasteiger partial charge in [0.05, 0.1) is 12.1 Å². The van der Waals surface area contributed by atoms with Crippen LogP contribution in [0.3, 0.4) is 0 Å². The van der Waals surface area contributed by atoms with E-state index in [-0.39, 0.29) is 12.5 Å². The van der Waals surface area contributed by atoms with Crippen LogP contribution in [-0.2, 0) is 9.53 Å². The molecule has 5 nitrogen and oxygen atoms in total. The van der Waals surface area contributed by atoms with Crippen molar-refractivity contribution in [2.24, 2.45) is 0 Å². The number of amides is 1. The molecule has 2 N–H and O–H groups in total. The molecule has 0 radical (unpaired) electrons. The largest absolute Gasteiger partial charge is 0.481 e. The third-order valence-corrected chi connectivity index (χ3v) is 3.85. The minimum absolute atomic E-state index is 0.105. The van der Waals surface area contributed by atoms with E-state index in [9.17, 15) is 9.90 Å². The highest BCUT2D eigenvalue weighted by atomic mass is 35.5. The predicted octanol–water partition coefficient (Wildman–Crippen LogP) is 1.76. The molecule has 1 aliphatic rings. The van der Waals surface area contributed by atoms with Crippen LogP contribution in [0.15, 0.2) is 24.3 Å². The molecule has 0 saturated carbocycles. The van der Waals surface area contributed by atoms with Crippen LogP contribution in [0.1, 0.15) is 19.8 Å². The molecule has 1 heterocycles. The second kappa shape index (κ2) is 7.11. The van der Waals surface area contributed by atoms with Gasteiger partial charge in [0.1, 0.15) is 5.75 Å². The zero-order valence-electron chi connectivity index (χ0n) is 12.0. The van der Waals surface area contributed by atoms with Gasteiger partial charge in [-0.25, -0.2) is 0 Å². The lowest BCUT2D eigenvalue weighted by Crippen LogP contribution is -2.57. The highest BCUT2D eigenvalue weighted by Gasteiger charge is 2.35. The Balaban J connectivity index is 1.95. The summed E-state index contributed by atoms with van der Waals surface area (Å²) in [6, 6.07) is 6.89. The number of hydrogen-bond acceptors (Lipinski definition) is 4. The van der Waals surface area contributed by atoms with Crippen molar-refractivity contribution in [3.63, 3.8) is 0 Å². The Labute approximate surface area is 129 Å². The van der Waals surface area contributed by atoms with E-state index >= 15 is 0 Å². The lowest BCUT2D eigenvalue weighted by molar-refractivity contribution is -0.131. The normalized spacial score (nSPS) is 18.8.